The van der Waals surface area contributed by atoms with Crippen molar-refractivity contribution in [3.05, 3.63) is 0 Å². The molecule has 2 unspecified atom stereocenters. The molecule has 0 aromatic heterocycles. The summed E-state index contributed by atoms with van der Waals surface area (Å²) in [5, 5.41) is 3.37. The largest absolute Gasteiger partial charge is 0.465 e. The molecule has 0 spiro atoms. The fraction of sp³-hybridized carbons (Fsp3) is 0.938. The predicted octanol–water partition coefficient (Wildman–Crippen LogP) is 1.81. The van der Waals surface area contributed by atoms with Gasteiger partial charge in [-0.1, -0.05) is 0 Å². The van der Waals surface area contributed by atoms with Crippen LogP contribution in [0.4, 0.5) is 0 Å². The van der Waals surface area contributed by atoms with Gasteiger partial charge in [-0.15, -0.1) is 0 Å². The Balaban J connectivity index is 2.47. The van der Waals surface area contributed by atoms with E-state index in [0.717, 1.165) is 39.1 Å². The third-order valence-corrected chi connectivity index (χ3v) is 3.81. The molecule has 0 saturated carbocycles. The molecule has 2 atom stereocenters. The number of carbonyl (C=O) groups excluding carboxylic acids is 1. The molecule has 1 rings (SSSR count). The van der Waals surface area contributed by atoms with E-state index in [-0.39, 0.29) is 12.0 Å². The Kier molecular flexibility index (Phi) is 7.63. The van der Waals surface area contributed by atoms with E-state index in [1.165, 1.54) is 0 Å². The lowest BCUT2D eigenvalue weighted by Crippen LogP contribution is -2.53. The van der Waals surface area contributed by atoms with Crippen molar-refractivity contribution >= 4 is 5.97 Å². The van der Waals surface area contributed by atoms with Crippen LogP contribution in [0.5, 0.6) is 0 Å². The number of carbonyl (C=O) groups is 1. The third kappa shape index (κ3) is 6.32. The molecule has 1 heterocycles. The summed E-state index contributed by atoms with van der Waals surface area (Å²) in [6, 6.07) is 0.253. The van der Waals surface area contributed by atoms with E-state index >= 15 is 0 Å². The predicted molar refractivity (Wildman–Crippen MR) is 84.4 cm³/mol. The van der Waals surface area contributed by atoms with Crippen molar-refractivity contribution in [3.63, 3.8) is 0 Å². The number of rotatable bonds is 8. The van der Waals surface area contributed by atoms with Gasteiger partial charge in [-0.2, -0.15) is 0 Å². The fourth-order valence-corrected chi connectivity index (χ4v) is 2.91. The van der Waals surface area contributed by atoms with E-state index in [1.54, 1.807) is 0 Å². The lowest BCUT2D eigenvalue weighted by atomic mass is 9.94. The minimum absolute atomic E-state index is 0.144. The van der Waals surface area contributed by atoms with E-state index in [9.17, 15) is 4.79 Å². The lowest BCUT2D eigenvalue weighted by Gasteiger charge is -2.34. The van der Waals surface area contributed by atoms with Crippen molar-refractivity contribution in [2.75, 3.05) is 32.8 Å². The standard InChI is InChI=1S/C16H32N2O3/c1-6-20-15(19)16(5,17-13(2)3)8-7-9-18-10-11-21-14(4)12-18/h13-14,17H,6-12H2,1-5H3. The van der Waals surface area contributed by atoms with Crippen molar-refractivity contribution in [1.82, 2.24) is 10.2 Å². The SMILES string of the molecule is CCOC(=O)C(C)(CCCN1CCOC(C)C1)NC(C)C. The monoisotopic (exact) mass is 300 g/mol. The van der Waals surface area contributed by atoms with Gasteiger partial charge in [0, 0.05) is 19.1 Å². The number of hydrogen-bond acceptors (Lipinski definition) is 5. The summed E-state index contributed by atoms with van der Waals surface area (Å²) >= 11 is 0. The van der Waals surface area contributed by atoms with Crippen LogP contribution >= 0.6 is 0 Å². The maximum absolute atomic E-state index is 12.2. The molecule has 1 aliphatic heterocycles. The smallest absolute Gasteiger partial charge is 0.326 e. The van der Waals surface area contributed by atoms with E-state index in [0.29, 0.717) is 12.7 Å². The molecule has 1 saturated heterocycles. The van der Waals surface area contributed by atoms with Crippen molar-refractivity contribution < 1.29 is 14.3 Å². The van der Waals surface area contributed by atoms with Crippen molar-refractivity contribution in [1.29, 1.82) is 0 Å². The second-order valence-corrected chi connectivity index (χ2v) is 6.44. The van der Waals surface area contributed by atoms with Crippen LogP contribution in [0.15, 0.2) is 0 Å². The normalized spacial score (nSPS) is 23.0. The van der Waals surface area contributed by atoms with E-state index in [2.05, 4.69) is 31.0 Å². The first kappa shape index (κ1) is 18.4. The van der Waals surface area contributed by atoms with Gasteiger partial charge in [0.2, 0.25) is 0 Å². The number of morpholine rings is 1. The molecule has 5 nitrogen and oxygen atoms in total. The summed E-state index contributed by atoms with van der Waals surface area (Å²) < 4.78 is 10.8. The Morgan fingerprint density at radius 1 is 1.52 bits per heavy atom. The van der Waals surface area contributed by atoms with Gasteiger partial charge in [0.25, 0.3) is 0 Å². The highest BCUT2D eigenvalue weighted by Gasteiger charge is 2.34. The Morgan fingerprint density at radius 3 is 2.81 bits per heavy atom. The number of esters is 1. The zero-order valence-corrected chi connectivity index (χ0v) is 14.3. The summed E-state index contributed by atoms with van der Waals surface area (Å²) in [4.78, 5) is 14.6. The van der Waals surface area contributed by atoms with Crippen LogP contribution in [0, 0.1) is 0 Å². The van der Waals surface area contributed by atoms with Crippen molar-refractivity contribution in [2.45, 2.75) is 65.1 Å². The molecule has 1 N–H and O–H groups in total. The average molecular weight is 300 g/mol. The highest BCUT2D eigenvalue weighted by atomic mass is 16.5. The first-order valence-corrected chi connectivity index (χ1v) is 8.16. The maximum Gasteiger partial charge on any atom is 0.326 e. The van der Waals surface area contributed by atoms with Gasteiger partial charge in [0.15, 0.2) is 0 Å². The van der Waals surface area contributed by atoms with Crippen molar-refractivity contribution in [2.24, 2.45) is 0 Å². The van der Waals surface area contributed by atoms with E-state index in [1.807, 2.05) is 13.8 Å². The molecular weight excluding hydrogens is 268 g/mol. The molecule has 5 heteroatoms. The molecule has 1 aliphatic rings. The summed E-state index contributed by atoms with van der Waals surface area (Å²) in [7, 11) is 0. The summed E-state index contributed by atoms with van der Waals surface area (Å²) in [5.74, 6) is -0.144. The van der Waals surface area contributed by atoms with Crippen LogP contribution in [0.2, 0.25) is 0 Å². The summed E-state index contributed by atoms with van der Waals surface area (Å²) in [6.45, 7) is 14.2. The van der Waals surface area contributed by atoms with Crippen LogP contribution < -0.4 is 5.32 Å². The second kappa shape index (κ2) is 8.71. The zero-order valence-electron chi connectivity index (χ0n) is 14.3. The first-order valence-electron chi connectivity index (χ1n) is 8.16. The van der Waals surface area contributed by atoms with E-state index in [4.69, 9.17) is 9.47 Å². The van der Waals surface area contributed by atoms with Gasteiger partial charge >= 0.3 is 5.97 Å². The maximum atomic E-state index is 12.2. The average Bonchev–Trinajstić information content (AvgIpc) is 2.38. The molecule has 21 heavy (non-hydrogen) atoms. The number of ether oxygens (including phenoxy) is 2. The van der Waals surface area contributed by atoms with E-state index < -0.39 is 5.54 Å². The summed E-state index contributed by atoms with van der Waals surface area (Å²) in [6.07, 6.45) is 2.07. The quantitative estimate of drug-likeness (QED) is 0.693. The molecule has 0 radical (unpaired) electrons. The molecule has 0 amide bonds. The van der Waals surface area contributed by atoms with Gasteiger partial charge in [0.1, 0.15) is 5.54 Å². The molecule has 0 aromatic carbocycles. The molecule has 124 valence electrons. The summed E-state index contributed by atoms with van der Waals surface area (Å²) in [5.41, 5.74) is -0.595. The minimum Gasteiger partial charge on any atom is -0.465 e. The first-order chi connectivity index (χ1) is 9.87. The fourth-order valence-electron chi connectivity index (χ4n) is 2.91. The third-order valence-electron chi connectivity index (χ3n) is 3.81. The molecular formula is C16H32N2O3. The minimum atomic E-state index is -0.595. The Bertz CT molecular complexity index is 323. The topological polar surface area (TPSA) is 50.8 Å². The van der Waals surface area contributed by atoms with Crippen LogP contribution in [-0.4, -0.2) is 61.4 Å². The highest BCUT2D eigenvalue weighted by molar-refractivity contribution is 5.80. The van der Waals surface area contributed by atoms with Gasteiger partial charge < -0.3 is 9.47 Å². The Labute approximate surface area is 129 Å². The van der Waals surface area contributed by atoms with Gasteiger partial charge in [-0.3, -0.25) is 15.0 Å². The molecule has 0 bridgehead atoms. The number of nitrogens with zero attached hydrogens (tertiary/aromatic N) is 1. The van der Waals surface area contributed by atoms with Gasteiger partial charge in [-0.05, 0) is 54.0 Å². The second-order valence-electron chi connectivity index (χ2n) is 6.44. The highest BCUT2D eigenvalue weighted by Crippen LogP contribution is 2.17. The van der Waals surface area contributed by atoms with Crippen LogP contribution in [0.25, 0.3) is 0 Å². The number of nitrogens with one attached hydrogen (secondary N) is 1. The Hall–Kier alpha value is -0.650. The molecule has 0 aliphatic carbocycles. The Morgan fingerprint density at radius 2 is 2.24 bits per heavy atom. The molecule has 1 fully saturated rings. The number of hydrogen-bond donors (Lipinski definition) is 1. The van der Waals surface area contributed by atoms with Gasteiger partial charge in [-0.25, -0.2) is 0 Å². The molecule has 0 aromatic rings. The lowest BCUT2D eigenvalue weighted by molar-refractivity contribution is -0.151. The van der Waals surface area contributed by atoms with Crippen LogP contribution in [0.1, 0.15) is 47.5 Å². The zero-order chi connectivity index (χ0) is 15.9. The van der Waals surface area contributed by atoms with Crippen molar-refractivity contribution in [3.8, 4) is 0 Å². The van der Waals surface area contributed by atoms with Crippen LogP contribution in [0.3, 0.4) is 0 Å². The van der Waals surface area contributed by atoms with Gasteiger partial charge in [0.05, 0.1) is 19.3 Å². The van der Waals surface area contributed by atoms with Crippen LogP contribution in [-0.2, 0) is 14.3 Å².